The fourth-order valence-electron chi connectivity index (χ4n) is 3.91. The topological polar surface area (TPSA) is 20.5 Å². The van der Waals surface area contributed by atoms with Gasteiger partial charge in [-0.25, -0.2) is 4.42 Å². The molecule has 2 heteroatoms. The van der Waals surface area contributed by atoms with Crippen molar-refractivity contribution in [2.75, 3.05) is 0 Å². The number of hydrogen-bond donors (Lipinski definition) is 0. The van der Waals surface area contributed by atoms with E-state index in [0.29, 0.717) is 0 Å². The molecule has 188 valence electrons. The first-order chi connectivity index (χ1) is 17.6. The average molecular weight is 490 g/mol. The molecule has 0 fully saturated rings. The molecule has 37 heavy (non-hydrogen) atoms. The third kappa shape index (κ3) is 7.07. The minimum Gasteiger partial charge on any atom is -0.461 e. The molecule has 1 aliphatic heterocycles. The Balaban J connectivity index is 1.58. The molecule has 4 rings (SSSR count). The van der Waals surface area contributed by atoms with Crippen LogP contribution in [0.2, 0.25) is 0 Å². The molecule has 3 aromatic rings. The normalized spacial score (nSPS) is 15.7. The van der Waals surface area contributed by atoms with Crippen LogP contribution < -0.4 is 0 Å². The Kier molecular flexibility index (Phi) is 7.78. The average Bonchev–Trinajstić information content (AvgIpc) is 2.88. The predicted octanol–water partition coefficient (Wildman–Crippen LogP) is 10.0. The Bertz CT molecular complexity index is 1370. The Hall–Kier alpha value is -3.91. The number of benzene rings is 2. The summed E-state index contributed by atoms with van der Waals surface area (Å²) < 4.78 is 12.5. The first-order valence-corrected chi connectivity index (χ1v) is 12.9. The van der Waals surface area contributed by atoms with Crippen LogP contribution in [0.15, 0.2) is 125 Å². The number of rotatable bonds is 5. The van der Waals surface area contributed by atoms with Gasteiger partial charge in [0, 0.05) is 23.1 Å². The van der Waals surface area contributed by atoms with Crippen molar-refractivity contribution in [2.24, 2.45) is 5.41 Å². The third-order valence-electron chi connectivity index (χ3n) is 6.06. The van der Waals surface area contributed by atoms with Crippen LogP contribution in [0.3, 0.4) is 0 Å². The van der Waals surface area contributed by atoms with E-state index in [1.54, 1.807) is 0 Å². The quantitative estimate of drug-likeness (QED) is 0.262. The Morgan fingerprint density at radius 3 is 1.92 bits per heavy atom. The van der Waals surface area contributed by atoms with E-state index in [9.17, 15) is 0 Å². The molecule has 0 atom stereocenters. The van der Waals surface area contributed by atoms with Crippen molar-refractivity contribution in [3.63, 3.8) is 0 Å². The molecule has 1 aliphatic rings. The van der Waals surface area contributed by atoms with Crippen LogP contribution in [0, 0.1) is 5.41 Å². The molecule has 0 bridgehead atoms. The summed E-state index contributed by atoms with van der Waals surface area (Å²) in [6.07, 6.45) is 14.2. The molecular formula is C35H37O2+. The summed E-state index contributed by atoms with van der Waals surface area (Å²) in [5.74, 6) is 3.55. The molecule has 2 nitrogen and oxygen atoms in total. The Morgan fingerprint density at radius 1 is 0.649 bits per heavy atom. The van der Waals surface area contributed by atoms with Gasteiger partial charge < -0.3 is 4.74 Å². The van der Waals surface area contributed by atoms with Gasteiger partial charge in [0.15, 0.2) is 0 Å². The highest BCUT2D eigenvalue weighted by molar-refractivity contribution is 5.77. The van der Waals surface area contributed by atoms with E-state index >= 15 is 0 Å². The smallest absolute Gasteiger partial charge is 0.353 e. The zero-order valence-corrected chi connectivity index (χ0v) is 22.8. The predicted molar refractivity (Wildman–Crippen MR) is 157 cm³/mol. The first kappa shape index (κ1) is 26.2. The molecule has 0 unspecified atom stereocenters. The summed E-state index contributed by atoms with van der Waals surface area (Å²) in [7, 11) is 0. The Morgan fingerprint density at radius 2 is 1.30 bits per heavy atom. The molecule has 1 aromatic heterocycles. The van der Waals surface area contributed by atoms with Gasteiger partial charge in [-0.05, 0) is 55.7 Å². The van der Waals surface area contributed by atoms with E-state index in [1.165, 1.54) is 11.1 Å². The molecule has 2 heterocycles. The van der Waals surface area contributed by atoms with Gasteiger partial charge in [-0.2, -0.15) is 0 Å². The van der Waals surface area contributed by atoms with Crippen LogP contribution in [-0.2, 0) is 10.2 Å². The van der Waals surface area contributed by atoms with E-state index in [-0.39, 0.29) is 10.8 Å². The van der Waals surface area contributed by atoms with Crippen LogP contribution in [0.1, 0.15) is 58.6 Å². The van der Waals surface area contributed by atoms with Crippen molar-refractivity contribution in [3.05, 3.63) is 138 Å². The van der Waals surface area contributed by atoms with Gasteiger partial charge >= 0.3 is 11.5 Å². The van der Waals surface area contributed by atoms with Gasteiger partial charge in [0.2, 0.25) is 0 Å². The second kappa shape index (κ2) is 11.0. The van der Waals surface area contributed by atoms with Crippen molar-refractivity contribution in [3.8, 4) is 11.1 Å². The van der Waals surface area contributed by atoms with E-state index < -0.39 is 0 Å². The van der Waals surface area contributed by atoms with Crippen molar-refractivity contribution in [1.82, 2.24) is 0 Å². The lowest BCUT2D eigenvalue weighted by Crippen LogP contribution is -2.14. The first-order valence-electron chi connectivity index (χ1n) is 12.9. The van der Waals surface area contributed by atoms with E-state index in [2.05, 4.69) is 114 Å². The summed E-state index contributed by atoms with van der Waals surface area (Å²) in [5.41, 5.74) is 4.48. The molecule has 2 aromatic carbocycles. The molecule has 0 aliphatic carbocycles. The van der Waals surface area contributed by atoms with Gasteiger partial charge in [0.05, 0.1) is 11.5 Å². The second-order valence-electron chi connectivity index (χ2n) is 11.4. The number of ether oxygens (including phenoxy) is 1. The maximum absolute atomic E-state index is 6.24. The zero-order chi connectivity index (χ0) is 26.5. The van der Waals surface area contributed by atoms with Crippen molar-refractivity contribution in [2.45, 2.75) is 47.0 Å². The standard InChI is InChI=1S/C35H37O2/c1-34(2,3)32-24-28(26-16-10-7-11-17-26)22-30(36-32)20-14-9-15-21-31-23-29(27-18-12-8-13-19-27)25-33(37-31)35(4,5)6/h7-25H,1-6H3/q+1. The third-order valence-corrected chi connectivity index (χ3v) is 6.06. The minimum absolute atomic E-state index is 0.0902. The molecule has 0 N–H and O–H groups in total. The van der Waals surface area contributed by atoms with Gasteiger partial charge in [0.25, 0.3) is 0 Å². The fraction of sp³-hybridized carbons (Fsp3) is 0.229. The molecule has 0 saturated heterocycles. The maximum Gasteiger partial charge on any atom is 0.353 e. The van der Waals surface area contributed by atoms with Crippen LogP contribution in [0.25, 0.3) is 22.8 Å². The summed E-state index contributed by atoms with van der Waals surface area (Å²) in [6, 6.07) is 25.1. The molecular weight excluding hydrogens is 452 g/mol. The highest BCUT2D eigenvalue weighted by Gasteiger charge is 2.28. The van der Waals surface area contributed by atoms with E-state index in [1.807, 2.05) is 42.5 Å². The van der Waals surface area contributed by atoms with Gasteiger partial charge in [-0.3, -0.25) is 0 Å². The lowest BCUT2D eigenvalue weighted by Gasteiger charge is -2.27. The number of allylic oxidation sites excluding steroid dienone is 8. The largest absolute Gasteiger partial charge is 0.461 e. The zero-order valence-electron chi connectivity index (χ0n) is 22.8. The van der Waals surface area contributed by atoms with E-state index in [0.717, 1.165) is 34.2 Å². The van der Waals surface area contributed by atoms with Gasteiger partial charge in [0.1, 0.15) is 11.5 Å². The van der Waals surface area contributed by atoms with Crippen LogP contribution in [0.4, 0.5) is 0 Å². The monoisotopic (exact) mass is 489 g/mol. The lowest BCUT2D eigenvalue weighted by molar-refractivity contribution is 0.225. The van der Waals surface area contributed by atoms with Crippen molar-refractivity contribution >= 4 is 11.6 Å². The summed E-state index contributed by atoms with van der Waals surface area (Å²) >= 11 is 0. The van der Waals surface area contributed by atoms with E-state index in [4.69, 9.17) is 9.15 Å². The highest BCUT2D eigenvalue weighted by Crippen LogP contribution is 2.36. The van der Waals surface area contributed by atoms with Crippen LogP contribution in [-0.4, -0.2) is 0 Å². The highest BCUT2D eigenvalue weighted by atomic mass is 16.5. The molecule has 0 spiro atoms. The SMILES string of the molecule is CC(C)(C)C1=CC(c2ccccc2)=C/C(=C/C=C/C=C/c2cc(-c3ccccc3)cc(C(C)(C)C)[o+]2)O1. The van der Waals surface area contributed by atoms with Gasteiger partial charge in [-0.1, -0.05) is 99.7 Å². The van der Waals surface area contributed by atoms with Gasteiger partial charge in [-0.15, -0.1) is 0 Å². The van der Waals surface area contributed by atoms with Crippen LogP contribution >= 0.6 is 0 Å². The molecule has 0 saturated carbocycles. The minimum atomic E-state index is -0.0902. The lowest BCUT2D eigenvalue weighted by atomic mass is 9.90. The van der Waals surface area contributed by atoms with Crippen molar-refractivity contribution in [1.29, 1.82) is 0 Å². The molecule has 0 radical (unpaired) electrons. The fourth-order valence-corrected chi connectivity index (χ4v) is 3.91. The summed E-state index contributed by atoms with van der Waals surface area (Å²) in [5, 5.41) is 0. The second-order valence-corrected chi connectivity index (χ2v) is 11.4. The summed E-state index contributed by atoms with van der Waals surface area (Å²) in [4.78, 5) is 0. The Labute approximate surface area is 222 Å². The van der Waals surface area contributed by atoms with Crippen LogP contribution in [0.5, 0.6) is 0 Å². The summed E-state index contributed by atoms with van der Waals surface area (Å²) in [6.45, 7) is 13.0. The number of hydrogen-bond acceptors (Lipinski definition) is 1. The maximum atomic E-state index is 6.24. The van der Waals surface area contributed by atoms with Crippen molar-refractivity contribution < 1.29 is 9.15 Å². The molecule has 0 amide bonds.